The molecule has 2 amide bonds. The lowest BCUT2D eigenvalue weighted by molar-refractivity contribution is 0.208. The van der Waals surface area contributed by atoms with Crippen LogP contribution in [0.5, 0.6) is 5.75 Å². The summed E-state index contributed by atoms with van der Waals surface area (Å²) in [6.45, 7) is 4.43. The summed E-state index contributed by atoms with van der Waals surface area (Å²) < 4.78 is 5.25. The van der Waals surface area contributed by atoms with Gasteiger partial charge in [-0.25, -0.2) is 9.78 Å². The fraction of sp³-hybridized carbons (Fsp3) is 0.240. The van der Waals surface area contributed by atoms with Gasteiger partial charge in [0.25, 0.3) is 0 Å². The van der Waals surface area contributed by atoms with Crippen LogP contribution in [0.15, 0.2) is 53.9 Å². The van der Waals surface area contributed by atoms with Gasteiger partial charge in [0.1, 0.15) is 16.4 Å². The summed E-state index contributed by atoms with van der Waals surface area (Å²) >= 11 is 1.57. The number of nitrogens with two attached hydrogens (primary N) is 1. The number of nitrogens with zero attached hydrogens (tertiary/aromatic N) is 4. The summed E-state index contributed by atoms with van der Waals surface area (Å²) in [7, 11) is 1.63. The van der Waals surface area contributed by atoms with Gasteiger partial charge in [0, 0.05) is 42.8 Å². The van der Waals surface area contributed by atoms with Gasteiger partial charge in [-0.2, -0.15) is 4.98 Å². The van der Waals surface area contributed by atoms with Gasteiger partial charge in [-0.3, -0.25) is 0 Å². The molecule has 34 heavy (non-hydrogen) atoms. The van der Waals surface area contributed by atoms with E-state index in [1.807, 2.05) is 48.2 Å². The first-order valence-corrected chi connectivity index (χ1v) is 12.0. The lowest BCUT2D eigenvalue weighted by Gasteiger charge is -2.35. The van der Waals surface area contributed by atoms with Crippen molar-refractivity contribution >= 4 is 45.0 Å². The highest BCUT2D eigenvalue weighted by atomic mass is 32.1. The molecule has 5 rings (SSSR count). The minimum Gasteiger partial charge on any atom is -0.497 e. The summed E-state index contributed by atoms with van der Waals surface area (Å²) in [5, 5.41) is 6.14. The number of methoxy groups -OCH3 is 1. The number of carbonyl (C=O) groups is 1. The number of aromatic nitrogens is 2. The van der Waals surface area contributed by atoms with E-state index in [2.05, 4.69) is 37.7 Å². The number of hydrogen-bond acceptors (Lipinski definition) is 7. The first-order valence-electron chi connectivity index (χ1n) is 11.1. The van der Waals surface area contributed by atoms with E-state index in [1.54, 1.807) is 18.4 Å². The zero-order valence-electron chi connectivity index (χ0n) is 19.1. The minimum absolute atomic E-state index is 0.110. The van der Waals surface area contributed by atoms with Gasteiger partial charge in [0.05, 0.1) is 12.5 Å². The zero-order chi connectivity index (χ0) is 23.7. The molecule has 1 saturated heterocycles. The summed E-state index contributed by atoms with van der Waals surface area (Å²) in [4.78, 5) is 26.9. The largest absolute Gasteiger partial charge is 0.497 e. The van der Waals surface area contributed by atoms with Gasteiger partial charge >= 0.3 is 6.03 Å². The van der Waals surface area contributed by atoms with E-state index >= 15 is 0 Å². The molecule has 0 spiro atoms. The highest BCUT2D eigenvalue weighted by Gasteiger charge is 2.25. The number of carbonyl (C=O) groups excluding carboxylic acids is 1. The number of urea groups is 1. The number of rotatable bonds is 4. The van der Waals surface area contributed by atoms with E-state index in [9.17, 15) is 4.79 Å². The molecule has 0 aliphatic carbocycles. The summed E-state index contributed by atoms with van der Waals surface area (Å²) in [6, 6.07) is 15.7. The Morgan fingerprint density at radius 2 is 1.85 bits per heavy atom. The third-order valence-corrected chi connectivity index (χ3v) is 6.93. The number of nitrogens with one attached hydrogen (secondary N) is 1. The SMILES string of the molecule is COc1ccc(NC(=O)N2CCN(c3nc(N)nc4scc(-c5ccccc5)c34)CC2)c(C)c1. The highest BCUT2D eigenvalue weighted by Crippen LogP contribution is 2.39. The molecule has 1 aliphatic rings. The van der Waals surface area contributed by atoms with Crippen LogP contribution >= 0.6 is 11.3 Å². The second kappa shape index (κ2) is 9.18. The van der Waals surface area contributed by atoms with Crippen LogP contribution in [-0.4, -0.2) is 54.2 Å². The highest BCUT2D eigenvalue weighted by molar-refractivity contribution is 7.17. The van der Waals surface area contributed by atoms with Crippen LogP contribution in [0.2, 0.25) is 0 Å². The smallest absolute Gasteiger partial charge is 0.321 e. The Bertz CT molecular complexity index is 1330. The molecule has 2 aromatic heterocycles. The van der Waals surface area contributed by atoms with E-state index in [-0.39, 0.29) is 12.0 Å². The van der Waals surface area contributed by atoms with Gasteiger partial charge in [-0.1, -0.05) is 30.3 Å². The van der Waals surface area contributed by atoms with Gasteiger partial charge in [0.2, 0.25) is 5.95 Å². The predicted molar refractivity (Wildman–Crippen MR) is 138 cm³/mol. The minimum atomic E-state index is -0.110. The first-order chi connectivity index (χ1) is 16.5. The molecule has 3 N–H and O–H groups in total. The quantitative estimate of drug-likeness (QED) is 0.448. The molecule has 2 aromatic carbocycles. The third-order valence-electron chi connectivity index (χ3n) is 6.06. The van der Waals surface area contributed by atoms with Gasteiger partial charge in [0.15, 0.2) is 0 Å². The lowest BCUT2D eigenvalue weighted by atomic mass is 10.1. The molecular formula is C25H26N6O2S. The average Bonchev–Trinajstić information content (AvgIpc) is 3.29. The molecule has 174 valence electrons. The maximum atomic E-state index is 12.9. The van der Waals surface area contributed by atoms with Crippen LogP contribution in [0.3, 0.4) is 0 Å². The number of ether oxygens (including phenoxy) is 1. The van der Waals surface area contributed by atoms with Crippen LogP contribution in [0.25, 0.3) is 21.3 Å². The van der Waals surface area contributed by atoms with Crippen molar-refractivity contribution in [2.75, 3.05) is 49.2 Å². The molecule has 8 nitrogen and oxygen atoms in total. The second-order valence-corrected chi connectivity index (χ2v) is 9.04. The Hall–Kier alpha value is -3.85. The van der Waals surface area contributed by atoms with E-state index in [0.717, 1.165) is 44.2 Å². The molecule has 0 bridgehead atoms. The van der Waals surface area contributed by atoms with Crippen molar-refractivity contribution in [3.63, 3.8) is 0 Å². The summed E-state index contributed by atoms with van der Waals surface area (Å²) in [6.07, 6.45) is 0. The third kappa shape index (κ3) is 4.22. The van der Waals surface area contributed by atoms with Crippen LogP contribution in [0, 0.1) is 6.92 Å². The molecule has 0 unspecified atom stereocenters. The summed E-state index contributed by atoms with van der Waals surface area (Å²) in [5.41, 5.74) is 10.0. The molecule has 1 fully saturated rings. The lowest BCUT2D eigenvalue weighted by Crippen LogP contribution is -2.50. The number of thiophene rings is 1. The fourth-order valence-electron chi connectivity index (χ4n) is 4.22. The predicted octanol–water partition coefficient (Wildman–Crippen LogP) is 4.61. The van der Waals surface area contributed by atoms with Crippen molar-refractivity contribution in [3.8, 4) is 16.9 Å². The molecular weight excluding hydrogens is 448 g/mol. The topological polar surface area (TPSA) is 96.6 Å². The fourth-order valence-corrected chi connectivity index (χ4v) is 5.17. The Morgan fingerprint density at radius 1 is 1.09 bits per heavy atom. The maximum Gasteiger partial charge on any atom is 0.321 e. The number of aryl methyl sites for hydroxylation is 1. The van der Waals surface area contributed by atoms with Crippen LogP contribution in [0.4, 0.5) is 22.2 Å². The molecule has 1 aliphatic heterocycles. The van der Waals surface area contributed by atoms with E-state index < -0.39 is 0 Å². The van der Waals surface area contributed by atoms with Crippen LogP contribution < -0.4 is 20.7 Å². The van der Waals surface area contributed by atoms with E-state index in [0.29, 0.717) is 26.2 Å². The van der Waals surface area contributed by atoms with Gasteiger partial charge < -0.3 is 25.6 Å². The number of fused-ring (bicyclic) bond motifs is 1. The number of nitrogen functional groups attached to an aromatic ring is 1. The number of hydrogen-bond donors (Lipinski definition) is 2. The number of benzene rings is 2. The Morgan fingerprint density at radius 3 is 2.56 bits per heavy atom. The standard InChI is InChI=1S/C25H26N6O2S/c1-16-14-18(33-2)8-9-20(16)27-25(32)31-12-10-30(11-13-31)22-21-19(17-6-4-3-5-7-17)15-34-23(21)29-24(26)28-22/h3-9,14-15H,10-13H2,1-2H3,(H,27,32)(H2,26,28,29). The molecule has 3 heterocycles. The Labute approximate surface area is 202 Å². The van der Waals surface area contributed by atoms with Crippen molar-refractivity contribution in [3.05, 3.63) is 59.5 Å². The Balaban J connectivity index is 1.34. The monoisotopic (exact) mass is 474 g/mol. The first kappa shape index (κ1) is 22.0. The molecule has 0 radical (unpaired) electrons. The molecule has 4 aromatic rings. The van der Waals surface area contributed by atoms with Crippen molar-refractivity contribution < 1.29 is 9.53 Å². The molecule has 0 atom stereocenters. The van der Waals surface area contributed by atoms with Gasteiger partial charge in [-0.15, -0.1) is 11.3 Å². The number of anilines is 3. The molecule has 9 heteroatoms. The second-order valence-electron chi connectivity index (χ2n) is 8.19. The van der Waals surface area contributed by atoms with Crippen molar-refractivity contribution in [1.29, 1.82) is 0 Å². The van der Waals surface area contributed by atoms with Crippen molar-refractivity contribution in [2.45, 2.75) is 6.92 Å². The van der Waals surface area contributed by atoms with Crippen molar-refractivity contribution in [1.82, 2.24) is 14.9 Å². The molecule has 0 saturated carbocycles. The van der Waals surface area contributed by atoms with E-state index in [4.69, 9.17) is 10.5 Å². The number of piperazine rings is 1. The zero-order valence-corrected chi connectivity index (χ0v) is 19.9. The van der Waals surface area contributed by atoms with Crippen LogP contribution in [0.1, 0.15) is 5.56 Å². The average molecular weight is 475 g/mol. The van der Waals surface area contributed by atoms with Crippen molar-refractivity contribution in [2.24, 2.45) is 0 Å². The van der Waals surface area contributed by atoms with Crippen LogP contribution in [-0.2, 0) is 0 Å². The van der Waals surface area contributed by atoms with E-state index in [1.165, 1.54) is 0 Å². The number of amides is 2. The summed E-state index contributed by atoms with van der Waals surface area (Å²) in [5.74, 6) is 1.86. The normalized spacial score (nSPS) is 13.8. The maximum absolute atomic E-state index is 12.9. The Kier molecular flexibility index (Phi) is 5.93. The van der Waals surface area contributed by atoms with Gasteiger partial charge in [-0.05, 0) is 36.2 Å².